The number of halogens is 1. The van der Waals surface area contributed by atoms with Gasteiger partial charge in [-0.1, -0.05) is 24.3 Å². The van der Waals surface area contributed by atoms with E-state index in [1.807, 2.05) is 13.1 Å². The lowest BCUT2D eigenvalue weighted by molar-refractivity contribution is 1.28. The van der Waals surface area contributed by atoms with Gasteiger partial charge in [-0.05, 0) is 6.07 Å². The van der Waals surface area contributed by atoms with Crippen molar-refractivity contribution in [2.24, 2.45) is 0 Å². The first kappa shape index (κ1) is 8.08. The second-order valence-corrected chi connectivity index (χ2v) is 2.48. The van der Waals surface area contributed by atoms with Gasteiger partial charge in [0.05, 0.1) is 5.02 Å². The van der Waals surface area contributed by atoms with E-state index in [9.17, 15) is 0 Å². The van der Waals surface area contributed by atoms with Gasteiger partial charge in [0.15, 0.2) is 0 Å². The van der Waals surface area contributed by atoms with Crippen molar-refractivity contribution in [1.82, 2.24) is 4.98 Å². The van der Waals surface area contributed by atoms with Gasteiger partial charge in [-0.25, -0.2) is 4.98 Å². The third kappa shape index (κ3) is 1.71. The van der Waals surface area contributed by atoms with E-state index in [1.54, 1.807) is 12.3 Å². The van der Waals surface area contributed by atoms with Crippen molar-refractivity contribution < 1.29 is 0 Å². The Kier molecular flexibility index (Phi) is 2.49. The predicted octanol–water partition coefficient (Wildman–Crippen LogP) is 2.42. The molecule has 1 aromatic rings. The monoisotopic (exact) mass is 168 g/mol. The summed E-state index contributed by atoms with van der Waals surface area (Å²) >= 11 is 5.71. The minimum atomic E-state index is 0.624. The predicted molar refractivity (Wildman–Crippen MR) is 48.9 cm³/mol. The molecular weight excluding hydrogens is 160 g/mol. The van der Waals surface area contributed by atoms with E-state index in [-0.39, 0.29) is 0 Å². The molecular formula is C8H9ClN2. The molecule has 0 aliphatic heterocycles. The minimum absolute atomic E-state index is 0.624. The van der Waals surface area contributed by atoms with Crippen LogP contribution in [0.5, 0.6) is 0 Å². The molecule has 0 unspecified atom stereocenters. The molecule has 0 spiro atoms. The van der Waals surface area contributed by atoms with E-state index in [2.05, 4.69) is 16.9 Å². The number of hydrogen-bond donors (Lipinski definition) is 1. The van der Waals surface area contributed by atoms with E-state index >= 15 is 0 Å². The van der Waals surface area contributed by atoms with Crippen molar-refractivity contribution in [2.75, 3.05) is 12.4 Å². The molecule has 1 heterocycles. The van der Waals surface area contributed by atoms with Crippen LogP contribution in [0.3, 0.4) is 0 Å². The summed E-state index contributed by atoms with van der Waals surface area (Å²) in [5, 5.41) is 3.56. The Bertz CT molecular complexity index is 271. The zero-order chi connectivity index (χ0) is 8.27. The summed E-state index contributed by atoms with van der Waals surface area (Å²) in [6.07, 6.45) is 3.31. The minimum Gasteiger partial charge on any atom is -0.373 e. The van der Waals surface area contributed by atoms with Crippen LogP contribution in [0.25, 0.3) is 6.08 Å². The Morgan fingerprint density at radius 1 is 1.73 bits per heavy atom. The Morgan fingerprint density at radius 3 is 3.00 bits per heavy atom. The fraction of sp³-hybridized carbons (Fsp3) is 0.125. The largest absolute Gasteiger partial charge is 0.373 e. The summed E-state index contributed by atoms with van der Waals surface area (Å²) in [7, 11) is 1.81. The van der Waals surface area contributed by atoms with Crippen LogP contribution < -0.4 is 5.32 Å². The van der Waals surface area contributed by atoms with Crippen LogP contribution in [-0.2, 0) is 0 Å². The van der Waals surface area contributed by atoms with Crippen LogP contribution in [0.2, 0.25) is 5.02 Å². The van der Waals surface area contributed by atoms with E-state index in [1.165, 1.54) is 0 Å². The third-order valence-corrected chi connectivity index (χ3v) is 1.55. The number of aromatic nitrogens is 1. The summed E-state index contributed by atoms with van der Waals surface area (Å²) in [5.41, 5.74) is 0.917. The van der Waals surface area contributed by atoms with Crippen molar-refractivity contribution in [1.29, 1.82) is 0 Å². The standard InChI is InChI=1S/C8H9ClN2/c1-3-6-4-7(9)5-11-8(6)10-2/h3-5H,1H2,2H3,(H,10,11). The van der Waals surface area contributed by atoms with E-state index in [4.69, 9.17) is 11.6 Å². The third-order valence-electron chi connectivity index (χ3n) is 1.34. The summed E-state index contributed by atoms with van der Waals surface area (Å²) in [4.78, 5) is 4.05. The summed E-state index contributed by atoms with van der Waals surface area (Å²) in [5.74, 6) is 0.796. The second kappa shape index (κ2) is 3.39. The molecule has 0 atom stereocenters. The van der Waals surface area contributed by atoms with Gasteiger partial charge in [-0.15, -0.1) is 0 Å². The van der Waals surface area contributed by atoms with Crippen molar-refractivity contribution in [3.8, 4) is 0 Å². The van der Waals surface area contributed by atoms with Crippen molar-refractivity contribution in [2.45, 2.75) is 0 Å². The van der Waals surface area contributed by atoms with E-state index in [0.29, 0.717) is 5.02 Å². The lowest BCUT2D eigenvalue weighted by Crippen LogP contribution is -1.94. The van der Waals surface area contributed by atoms with Crippen molar-refractivity contribution in [3.05, 3.63) is 29.4 Å². The maximum Gasteiger partial charge on any atom is 0.133 e. The number of rotatable bonds is 2. The first-order chi connectivity index (χ1) is 5.27. The molecule has 0 radical (unpaired) electrons. The molecule has 58 valence electrons. The highest BCUT2D eigenvalue weighted by molar-refractivity contribution is 6.30. The molecule has 0 amide bonds. The topological polar surface area (TPSA) is 24.9 Å². The van der Waals surface area contributed by atoms with Gasteiger partial charge in [0.1, 0.15) is 5.82 Å². The van der Waals surface area contributed by atoms with Gasteiger partial charge in [0.25, 0.3) is 0 Å². The number of nitrogens with one attached hydrogen (secondary N) is 1. The normalized spacial score (nSPS) is 9.27. The summed E-state index contributed by atoms with van der Waals surface area (Å²) in [6, 6.07) is 1.81. The maximum absolute atomic E-state index is 5.71. The average Bonchev–Trinajstić information content (AvgIpc) is 2.04. The molecule has 0 bridgehead atoms. The molecule has 2 nitrogen and oxygen atoms in total. The van der Waals surface area contributed by atoms with Crippen molar-refractivity contribution >= 4 is 23.5 Å². The van der Waals surface area contributed by atoms with Gasteiger partial charge in [0.2, 0.25) is 0 Å². The van der Waals surface area contributed by atoms with Gasteiger partial charge in [-0.3, -0.25) is 0 Å². The SMILES string of the molecule is C=Cc1cc(Cl)cnc1NC. The molecule has 3 heteroatoms. The molecule has 1 N–H and O–H groups in total. The first-order valence-electron chi connectivity index (χ1n) is 3.23. The zero-order valence-electron chi connectivity index (χ0n) is 6.26. The fourth-order valence-electron chi connectivity index (χ4n) is 0.819. The highest BCUT2D eigenvalue weighted by Gasteiger charge is 1.97. The van der Waals surface area contributed by atoms with Crippen LogP contribution in [0.15, 0.2) is 18.8 Å². The average molecular weight is 169 g/mol. The number of hydrogen-bond acceptors (Lipinski definition) is 2. The molecule has 0 fully saturated rings. The smallest absolute Gasteiger partial charge is 0.133 e. The molecule has 0 aliphatic carbocycles. The lowest BCUT2D eigenvalue weighted by atomic mass is 10.2. The van der Waals surface area contributed by atoms with Gasteiger partial charge in [-0.2, -0.15) is 0 Å². The van der Waals surface area contributed by atoms with Crippen LogP contribution in [0.4, 0.5) is 5.82 Å². The quantitative estimate of drug-likeness (QED) is 0.734. The Balaban J connectivity index is 3.16. The highest BCUT2D eigenvalue weighted by Crippen LogP contribution is 2.17. The highest BCUT2D eigenvalue weighted by atomic mass is 35.5. The maximum atomic E-state index is 5.71. The number of anilines is 1. The van der Waals surface area contributed by atoms with Crippen LogP contribution in [-0.4, -0.2) is 12.0 Å². The fourth-order valence-corrected chi connectivity index (χ4v) is 0.986. The van der Waals surface area contributed by atoms with Crippen LogP contribution in [0.1, 0.15) is 5.56 Å². The van der Waals surface area contributed by atoms with Crippen LogP contribution in [0, 0.1) is 0 Å². The molecule has 0 aliphatic rings. The number of pyridine rings is 1. The van der Waals surface area contributed by atoms with Crippen molar-refractivity contribution in [3.63, 3.8) is 0 Å². The van der Waals surface area contributed by atoms with Gasteiger partial charge in [0, 0.05) is 18.8 Å². The van der Waals surface area contributed by atoms with E-state index in [0.717, 1.165) is 11.4 Å². The van der Waals surface area contributed by atoms with Gasteiger partial charge >= 0.3 is 0 Å². The Hall–Kier alpha value is -1.02. The Morgan fingerprint density at radius 2 is 2.45 bits per heavy atom. The van der Waals surface area contributed by atoms with E-state index < -0.39 is 0 Å². The molecule has 1 aromatic heterocycles. The zero-order valence-corrected chi connectivity index (χ0v) is 7.02. The molecule has 0 aromatic carbocycles. The molecule has 1 rings (SSSR count). The lowest BCUT2D eigenvalue weighted by Gasteiger charge is -2.02. The molecule has 11 heavy (non-hydrogen) atoms. The summed E-state index contributed by atoms with van der Waals surface area (Å²) in [6.45, 7) is 3.64. The Labute approximate surface area is 70.9 Å². The molecule has 0 saturated heterocycles. The van der Waals surface area contributed by atoms with Gasteiger partial charge < -0.3 is 5.32 Å². The first-order valence-corrected chi connectivity index (χ1v) is 3.61. The molecule has 0 saturated carbocycles. The summed E-state index contributed by atoms with van der Waals surface area (Å²) < 4.78 is 0. The number of nitrogens with zero attached hydrogens (tertiary/aromatic N) is 1. The van der Waals surface area contributed by atoms with Crippen LogP contribution >= 0.6 is 11.6 Å². The second-order valence-electron chi connectivity index (χ2n) is 2.05.